The van der Waals surface area contributed by atoms with E-state index in [1.807, 2.05) is 56.2 Å². The van der Waals surface area contributed by atoms with Gasteiger partial charge in [-0.2, -0.15) is 0 Å². The lowest BCUT2D eigenvalue weighted by atomic mass is 9.59. The van der Waals surface area contributed by atoms with Crippen LogP contribution in [-0.2, 0) is 29.7 Å². The summed E-state index contributed by atoms with van der Waals surface area (Å²) in [6.07, 6.45) is 6.78. The summed E-state index contributed by atoms with van der Waals surface area (Å²) in [5.41, 5.74) is -0.289. The molecule has 52 heavy (non-hydrogen) atoms. The molecule has 9 nitrogen and oxygen atoms in total. The zero-order valence-corrected chi connectivity index (χ0v) is 36.9. The molecule has 1 aromatic carbocycles. The van der Waals surface area contributed by atoms with Gasteiger partial charge in [-0.3, -0.25) is 4.79 Å². The van der Waals surface area contributed by atoms with Crippen LogP contribution in [0, 0.1) is 17.8 Å². The molecule has 1 aromatic rings. The van der Waals surface area contributed by atoms with Crippen LogP contribution >= 0.6 is 0 Å². The zero-order chi connectivity index (χ0) is 38.9. The number of benzene rings is 1. The molecule has 2 saturated heterocycles. The first-order valence-corrected chi connectivity index (χ1v) is 25.3. The molecule has 0 aromatic heterocycles. The smallest absolute Gasteiger partial charge is 0.410 e. The Kier molecular flexibility index (Phi) is 12.9. The van der Waals surface area contributed by atoms with E-state index in [1.54, 1.807) is 7.11 Å². The maximum atomic E-state index is 14.7. The fourth-order valence-corrected chi connectivity index (χ4v) is 9.45. The van der Waals surface area contributed by atoms with Crippen LogP contribution in [0.5, 0.6) is 5.75 Å². The van der Waals surface area contributed by atoms with Crippen LogP contribution in [0.4, 0.5) is 4.79 Å². The minimum Gasteiger partial charge on any atom is -0.549 e. The highest BCUT2D eigenvalue weighted by atomic mass is 28.4. The Balaban J connectivity index is 1.68. The van der Waals surface area contributed by atoms with Gasteiger partial charge >= 0.3 is 6.09 Å². The first-order valence-electron chi connectivity index (χ1n) is 19.5. The average Bonchev–Trinajstić information content (AvgIpc) is 3.18. The molecule has 3 fully saturated rings. The standard InChI is InChI=1S/C41H70N2O7Si2/c1-38(2,3)50-37(45)42-24-21-34-33-27-31(29-49-52(13,14)40(7,8)9)35(42)41(34,22-26-48-51(11,12)39(4,5)6)43(36(33)44)23-15-16-25-47-28-30-17-19-32(46-10)20-18-30/h17-20,22,26,31,33-35H,15-16,21,23-25,27-29H2,1-14H3/b26-22+/t31-,33?,34+,35+,41+/m0/s1. The van der Waals surface area contributed by atoms with Gasteiger partial charge in [0.2, 0.25) is 14.2 Å². The first-order chi connectivity index (χ1) is 23.9. The maximum Gasteiger partial charge on any atom is 0.410 e. The summed E-state index contributed by atoms with van der Waals surface area (Å²) in [6, 6.07) is 7.62. The fourth-order valence-electron chi connectivity index (χ4n) is 7.62. The van der Waals surface area contributed by atoms with E-state index in [2.05, 4.69) is 78.7 Å². The van der Waals surface area contributed by atoms with E-state index in [9.17, 15) is 9.59 Å². The molecule has 0 N–H and O–H groups in total. The van der Waals surface area contributed by atoms with Crippen molar-refractivity contribution >= 4 is 28.6 Å². The Morgan fingerprint density at radius 1 is 0.942 bits per heavy atom. The van der Waals surface area contributed by atoms with Crippen molar-refractivity contribution in [1.29, 1.82) is 0 Å². The van der Waals surface area contributed by atoms with Gasteiger partial charge in [0.25, 0.3) is 0 Å². The number of nitrogens with zero attached hydrogens (tertiary/aromatic N) is 2. The molecule has 0 spiro atoms. The van der Waals surface area contributed by atoms with Gasteiger partial charge in [0.1, 0.15) is 11.4 Å². The van der Waals surface area contributed by atoms with Crippen LogP contribution in [0.15, 0.2) is 36.6 Å². The monoisotopic (exact) mass is 758 g/mol. The molecule has 4 bridgehead atoms. The van der Waals surface area contributed by atoms with Gasteiger partial charge in [0, 0.05) is 44.1 Å². The van der Waals surface area contributed by atoms with Crippen LogP contribution < -0.4 is 4.74 Å². The predicted octanol–water partition coefficient (Wildman–Crippen LogP) is 9.39. The Hall–Kier alpha value is -2.35. The maximum absolute atomic E-state index is 14.7. The minimum absolute atomic E-state index is 0.0130. The van der Waals surface area contributed by atoms with E-state index in [0.717, 1.165) is 30.6 Å². The van der Waals surface area contributed by atoms with Crippen molar-refractivity contribution in [2.75, 3.05) is 33.4 Å². The highest BCUT2D eigenvalue weighted by Gasteiger charge is 2.69. The quantitative estimate of drug-likeness (QED) is 0.106. The molecule has 4 rings (SSSR count). The molecule has 2 heterocycles. The lowest BCUT2D eigenvalue weighted by Gasteiger charge is -2.58. The topological polar surface area (TPSA) is 86.8 Å². The Labute approximate surface area is 317 Å². The molecule has 1 aliphatic carbocycles. The van der Waals surface area contributed by atoms with E-state index < -0.39 is 27.8 Å². The summed E-state index contributed by atoms with van der Waals surface area (Å²) in [6.45, 7) is 31.0. The molecule has 1 unspecified atom stereocenters. The van der Waals surface area contributed by atoms with Crippen molar-refractivity contribution in [3.63, 3.8) is 0 Å². The van der Waals surface area contributed by atoms with E-state index in [-0.39, 0.29) is 45.9 Å². The third-order valence-electron chi connectivity index (χ3n) is 12.6. The molecule has 0 radical (unpaired) electrons. The largest absolute Gasteiger partial charge is 0.549 e. The second-order valence-electron chi connectivity index (χ2n) is 19.4. The second-order valence-corrected chi connectivity index (χ2v) is 28.9. The Morgan fingerprint density at radius 2 is 1.58 bits per heavy atom. The summed E-state index contributed by atoms with van der Waals surface area (Å²) >= 11 is 0. The van der Waals surface area contributed by atoms with Gasteiger partial charge in [-0.1, -0.05) is 53.7 Å². The molecule has 1 saturated carbocycles. The number of hydrogen-bond donors (Lipinski definition) is 0. The second kappa shape index (κ2) is 15.8. The number of rotatable bonds is 14. The van der Waals surface area contributed by atoms with Gasteiger partial charge < -0.3 is 32.9 Å². The SMILES string of the molecule is COc1ccc(COCCCCN2C(=O)C3C[C@@H](CO[Si](C)(C)C(C)(C)C)[C@H]4N(C(=O)OC(C)(C)C)CC[C@H]3[C@]42/C=C/O[Si](C)(C)C(C)(C)C)cc1. The Bertz CT molecular complexity index is 1410. The number of piperidine rings is 1. The fraction of sp³-hybridized carbons (Fsp3) is 0.756. The van der Waals surface area contributed by atoms with Crippen LogP contribution in [0.1, 0.15) is 93.6 Å². The van der Waals surface area contributed by atoms with Gasteiger partial charge in [-0.05, 0) is 106 Å². The van der Waals surface area contributed by atoms with E-state index in [0.29, 0.717) is 39.3 Å². The summed E-state index contributed by atoms with van der Waals surface area (Å²) in [5.74, 6) is 0.910. The molecule has 3 aliphatic rings. The van der Waals surface area contributed by atoms with Crippen LogP contribution in [0.3, 0.4) is 0 Å². The highest BCUT2D eigenvalue weighted by Crippen LogP contribution is 2.58. The summed E-state index contributed by atoms with van der Waals surface area (Å²) in [7, 11) is -2.62. The molecule has 2 amide bonds. The van der Waals surface area contributed by atoms with Crippen LogP contribution in [0.2, 0.25) is 36.3 Å². The molecule has 5 atom stereocenters. The van der Waals surface area contributed by atoms with Crippen molar-refractivity contribution in [3.05, 3.63) is 42.2 Å². The van der Waals surface area contributed by atoms with Crippen molar-refractivity contribution in [3.8, 4) is 5.75 Å². The number of likely N-dealkylation sites (tertiary alicyclic amines) is 2. The highest BCUT2D eigenvalue weighted by molar-refractivity contribution is 6.74. The lowest BCUT2D eigenvalue weighted by molar-refractivity contribution is -0.133. The van der Waals surface area contributed by atoms with Gasteiger partial charge in [-0.25, -0.2) is 4.79 Å². The minimum atomic E-state index is -2.16. The number of hydrogen-bond acceptors (Lipinski definition) is 7. The zero-order valence-electron chi connectivity index (χ0n) is 34.9. The van der Waals surface area contributed by atoms with E-state index >= 15 is 0 Å². The van der Waals surface area contributed by atoms with Crippen molar-refractivity contribution in [2.45, 2.75) is 148 Å². The summed E-state index contributed by atoms with van der Waals surface area (Å²) in [4.78, 5) is 32.9. The van der Waals surface area contributed by atoms with Gasteiger partial charge in [0.15, 0.2) is 8.32 Å². The number of amides is 2. The van der Waals surface area contributed by atoms with E-state index in [1.165, 1.54) is 0 Å². The van der Waals surface area contributed by atoms with Crippen LogP contribution in [-0.4, -0.2) is 89.0 Å². The van der Waals surface area contributed by atoms with Crippen molar-refractivity contribution in [1.82, 2.24) is 9.80 Å². The third-order valence-corrected chi connectivity index (χ3v) is 21.4. The normalized spacial score (nSPS) is 25.5. The lowest BCUT2D eigenvalue weighted by Crippen LogP contribution is -2.71. The van der Waals surface area contributed by atoms with Crippen molar-refractivity contribution < 1.29 is 32.7 Å². The number of carbonyl (C=O) groups is 2. The summed E-state index contributed by atoms with van der Waals surface area (Å²) < 4.78 is 31.1. The number of methoxy groups -OCH3 is 1. The van der Waals surface area contributed by atoms with Gasteiger partial charge in [0.05, 0.1) is 31.6 Å². The van der Waals surface area contributed by atoms with Gasteiger partial charge in [-0.15, -0.1) is 0 Å². The van der Waals surface area contributed by atoms with Crippen LogP contribution in [0.25, 0.3) is 0 Å². The summed E-state index contributed by atoms with van der Waals surface area (Å²) in [5, 5.41) is 0.0472. The van der Waals surface area contributed by atoms with Crippen molar-refractivity contribution in [2.24, 2.45) is 17.8 Å². The molecular formula is C41H70N2O7Si2. The molecule has 294 valence electrons. The number of carbonyl (C=O) groups excluding carboxylic acids is 2. The number of ether oxygens (including phenoxy) is 3. The molecule has 2 aliphatic heterocycles. The molecule has 11 heteroatoms. The predicted molar refractivity (Wildman–Crippen MR) is 213 cm³/mol. The van der Waals surface area contributed by atoms with E-state index in [4.69, 9.17) is 23.1 Å². The molecular weight excluding hydrogens is 689 g/mol. The first kappa shape index (κ1) is 42.4. The number of unbranched alkanes of at least 4 members (excludes halogenated alkanes) is 1. The third kappa shape index (κ3) is 9.12. The average molecular weight is 759 g/mol. The Morgan fingerprint density at radius 3 is 2.15 bits per heavy atom.